The number of carbonyl (C=O) groups is 6. The number of aliphatic carboxylic acids is 1. The average molecular weight is 436 g/mol. The lowest BCUT2D eigenvalue weighted by atomic mass is 10.1. The summed E-state index contributed by atoms with van der Waals surface area (Å²) in [5.41, 5.74) is 15.3. The van der Waals surface area contributed by atoms with Crippen molar-refractivity contribution < 1.29 is 39.0 Å². The lowest BCUT2D eigenvalue weighted by Gasteiger charge is -2.23. The fourth-order valence-corrected chi connectivity index (χ4v) is 2.17. The molecule has 0 rings (SSSR count). The van der Waals surface area contributed by atoms with Crippen molar-refractivity contribution in [2.75, 3.05) is 12.4 Å². The van der Waals surface area contributed by atoms with Crippen molar-refractivity contribution >= 4 is 48.1 Å². The summed E-state index contributed by atoms with van der Waals surface area (Å²) in [6.07, 6.45) is -1.43. The van der Waals surface area contributed by atoms with Crippen molar-refractivity contribution in [3.8, 4) is 0 Å². The molecule has 0 aromatic heterocycles. The van der Waals surface area contributed by atoms with Crippen LogP contribution >= 0.6 is 12.6 Å². The fraction of sp³-hybridized carbons (Fsp3) is 0.571. The first-order chi connectivity index (χ1) is 13.4. The number of nitrogens with two attached hydrogens (primary N) is 3. The molecule has 0 saturated carbocycles. The zero-order chi connectivity index (χ0) is 22.7. The summed E-state index contributed by atoms with van der Waals surface area (Å²) in [6, 6.07) is -5.91. The maximum Gasteiger partial charge on any atom is 0.326 e. The molecule has 0 aliphatic rings. The molecule has 164 valence electrons. The second-order valence-corrected chi connectivity index (χ2v) is 6.20. The lowest BCUT2D eigenvalue weighted by molar-refractivity contribution is -0.144. The minimum absolute atomic E-state index is 0.236. The number of carboxylic acid groups (broad SMARTS) is 1. The number of aliphatic hydroxyl groups is 1. The van der Waals surface area contributed by atoms with Gasteiger partial charge in [0.25, 0.3) is 0 Å². The number of hydrogen-bond acceptors (Lipinski definition) is 9. The predicted molar refractivity (Wildman–Crippen MR) is 100.0 cm³/mol. The number of hydrogen-bond donors (Lipinski definition) is 9. The van der Waals surface area contributed by atoms with Gasteiger partial charge in [0.05, 0.1) is 19.4 Å². The molecule has 0 saturated heterocycles. The molecule has 4 atom stereocenters. The van der Waals surface area contributed by atoms with Crippen LogP contribution in [0.15, 0.2) is 0 Å². The second-order valence-electron chi connectivity index (χ2n) is 5.83. The topological polar surface area (TPSA) is 257 Å². The number of primary amides is 2. The Morgan fingerprint density at radius 2 is 1.21 bits per heavy atom. The van der Waals surface area contributed by atoms with E-state index >= 15 is 0 Å². The SMILES string of the molecule is NC(=O)CC(NC(=O)C(CC(N)=O)NC(=O)C(CS)NC(=O)C(N)CO)C(=O)O. The molecule has 0 aromatic carbocycles. The molecule has 15 heteroatoms. The molecule has 0 aliphatic carbocycles. The number of carboxylic acids is 1. The van der Waals surface area contributed by atoms with Crippen molar-refractivity contribution in [2.24, 2.45) is 17.2 Å². The molecule has 0 fully saturated rings. The van der Waals surface area contributed by atoms with Crippen LogP contribution in [0.2, 0.25) is 0 Å². The van der Waals surface area contributed by atoms with E-state index < -0.39 is 79.1 Å². The summed E-state index contributed by atoms with van der Waals surface area (Å²) < 4.78 is 0. The molecule has 0 aromatic rings. The van der Waals surface area contributed by atoms with Crippen LogP contribution in [0.4, 0.5) is 0 Å². The van der Waals surface area contributed by atoms with Crippen LogP contribution < -0.4 is 33.2 Å². The Bertz CT molecular complexity index is 660. The zero-order valence-corrected chi connectivity index (χ0v) is 16.1. The van der Waals surface area contributed by atoms with Gasteiger partial charge in [0.1, 0.15) is 24.2 Å². The van der Waals surface area contributed by atoms with E-state index in [1.54, 1.807) is 0 Å². The highest BCUT2D eigenvalue weighted by molar-refractivity contribution is 7.80. The van der Waals surface area contributed by atoms with Gasteiger partial charge < -0.3 is 43.4 Å². The molecular weight excluding hydrogens is 412 g/mol. The van der Waals surface area contributed by atoms with Crippen LogP contribution in [-0.2, 0) is 28.8 Å². The Balaban J connectivity index is 5.29. The van der Waals surface area contributed by atoms with Crippen LogP contribution in [0, 0.1) is 0 Å². The molecular formula is C14H24N6O8S. The second kappa shape index (κ2) is 12.5. The molecule has 4 unspecified atom stereocenters. The summed E-state index contributed by atoms with van der Waals surface area (Å²) in [6.45, 7) is -0.685. The number of nitrogens with one attached hydrogen (secondary N) is 3. The van der Waals surface area contributed by atoms with Gasteiger partial charge >= 0.3 is 5.97 Å². The first-order valence-electron chi connectivity index (χ1n) is 8.10. The van der Waals surface area contributed by atoms with Crippen LogP contribution in [0.25, 0.3) is 0 Å². The van der Waals surface area contributed by atoms with Gasteiger partial charge in [0.15, 0.2) is 0 Å². The molecule has 0 radical (unpaired) electrons. The van der Waals surface area contributed by atoms with E-state index in [4.69, 9.17) is 27.4 Å². The van der Waals surface area contributed by atoms with Gasteiger partial charge in [-0.2, -0.15) is 12.6 Å². The quantitative estimate of drug-likeness (QED) is 0.125. The van der Waals surface area contributed by atoms with Crippen LogP contribution in [0.5, 0.6) is 0 Å². The normalized spacial score (nSPS) is 14.6. The van der Waals surface area contributed by atoms with Crippen molar-refractivity contribution in [1.29, 1.82) is 0 Å². The molecule has 29 heavy (non-hydrogen) atoms. The van der Waals surface area contributed by atoms with Crippen molar-refractivity contribution in [3.05, 3.63) is 0 Å². The van der Waals surface area contributed by atoms with Crippen LogP contribution in [0.3, 0.4) is 0 Å². The third-order valence-corrected chi connectivity index (χ3v) is 3.77. The molecule has 0 spiro atoms. The summed E-state index contributed by atoms with van der Waals surface area (Å²) in [5.74, 6) is -6.76. The number of aliphatic hydroxyl groups excluding tert-OH is 1. The van der Waals surface area contributed by atoms with E-state index in [1.807, 2.05) is 5.32 Å². The smallest absolute Gasteiger partial charge is 0.326 e. The van der Waals surface area contributed by atoms with E-state index in [-0.39, 0.29) is 5.75 Å². The Labute approximate surface area is 170 Å². The molecule has 0 aliphatic heterocycles. The molecule has 5 amide bonds. The minimum atomic E-state index is -1.70. The predicted octanol–water partition coefficient (Wildman–Crippen LogP) is -5.47. The molecule has 0 heterocycles. The molecule has 0 bridgehead atoms. The summed E-state index contributed by atoms with van der Waals surface area (Å²) in [4.78, 5) is 69.5. The zero-order valence-electron chi connectivity index (χ0n) is 15.2. The number of carbonyl (C=O) groups excluding carboxylic acids is 5. The maximum absolute atomic E-state index is 12.3. The first-order valence-corrected chi connectivity index (χ1v) is 8.73. The van der Waals surface area contributed by atoms with Gasteiger partial charge in [-0.05, 0) is 0 Å². The number of amides is 5. The van der Waals surface area contributed by atoms with Gasteiger partial charge in [0.2, 0.25) is 29.5 Å². The Morgan fingerprint density at radius 3 is 1.62 bits per heavy atom. The Hall–Kier alpha value is -2.91. The molecule has 11 N–H and O–H groups in total. The maximum atomic E-state index is 12.3. The average Bonchev–Trinajstić information content (AvgIpc) is 2.62. The number of thiol groups is 1. The van der Waals surface area contributed by atoms with E-state index in [0.717, 1.165) is 0 Å². The third kappa shape index (κ3) is 9.72. The van der Waals surface area contributed by atoms with E-state index in [2.05, 4.69) is 23.3 Å². The fourth-order valence-electron chi connectivity index (χ4n) is 1.91. The first kappa shape index (κ1) is 26.1. The highest BCUT2D eigenvalue weighted by Crippen LogP contribution is 2.00. The number of rotatable bonds is 13. The van der Waals surface area contributed by atoms with Crippen LogP contribution in [-0.4, -0.2) is 82.2 Å². The largest absolute Gasteiger partial charge is 0.480 e. The standard InChI is InChI=1S/C14H24N6O8S/c15-5(3-21)11(24)20-8(4-29)13(26)18-6(1-9(16)22)12(25)19-7(14(27)28)2-10(17)23/h5-8,21,29H,1-4,15H2,(H2,16,22)(H2,17,23)(H,18,26)(H,19,25)(H,20,24)(H,27,28). The van der Waals surface area contributed by atoms with Crippen LogP contribution in [0.1, 0.15) is 12.8 Å². The highest BCUT2D eigenvalue weighted by Gasteiger charge is 2.31. The van der Waals surface area contributed by atoms with Gasteiger partial charge in [-0.25, -0.2) is 4.79 Å². The van der Waals surface area contributed by atoms with E-state index in [0.29, 0.717) is 0 Å². The van der Waals surface area contributed by atoms with Gasteiger partial charge in [-0.1, -0.05) is 0 Å². The van der Waals surface area contributed by atoms with Crippen molar-refractivity contribution in [3.63, 3.8) is 0 Å². The Kier molecular flexibility index (Phi) is 11.3. The van der Waals surface area contributed by atoms with Crippen molar-refractivity contribution in [1.82, 2.24) is 16.0 Å². The van der Waals surface area contributed by atoms with E-state index in [9.17, 15) is 28.8 Å². The molecule has 14 nitrogen and oxygen atoms in total. The Morgan fingerprint density at radius 1 is 0.793 bits per heavy atom. The third-order valence-electron chi connectivity index (χ3n) is 3.41. The summed E-state index contributed by atoms with van der Waals surface area (Å²) >= 11 is 3.89. The van der Waals surface area contributed by atoms with Gasteiger partial charge in [-0.3, -0.25) is 24.0 Å². The minimum Gasteiger partial charge on any atom is -0.480 e. The monoisotopic (exact) mass is 436 g/mol. The van der Waals surface area contributed by atoms with Crippen molar-refractivity contribution in [2.45, 2.75) is 37.0 Å². The highest BCUT2D eigenvalue weighted by atomic mass is 32.1. The lowest BCUT2D eigenvalue weighted by Crippen LogP contribution is -2.58. The van der Waals surface area contributed by atoms with Gasteiger partial charge in [0, 0.05) is 5.75 Å². The summed E-state index contributed by atoms with van der Waals surface area (Å²) in [7, 11) is 0. The van der Waals surface area contributed by atoms with Gasteiger partial charge in [-0.15, -0.1) is 0 Å². The van der Waals surface area contributed by atoms with E-state index in [1.165, 1.54) is 0 Å². The summed E-state index contributed by atoms with van der Waals surface area (Å²) in [5, 5.41) is 24.2.